The summed E-state index contributed by atoms with van der Waals surface area (Å²) < 4.78 is 5.44. The first-order valence-corrected chi connectivity index (χ1v) is 23.3. The molecule has 0 bridgehead atoms. The Morgan fingerprint density at radius 3 is 1.48 bits per heavy atom. The van der Waals surface area contributed by atoms with Gasteiger partial charge in [0.15, 0.2) is 0 Å². The van der Waals surface area contributed by atoms with E-state index >= 15 is 0 Å². The fourth-order valence-electron chi connectivity index (χ4n) is 6.79. The molecule has 0 saturated heterocycles. The van der Waals surface area contributed by atoms with Crippen molar-refractivity contribution in [2.24, 2.45) is 0 Å². The number of aliphatic hydroxyl groups is 2. The number of esters is 1. The van der Waals surface area contributed by atoms with E-state index in [4.69, 9.17) is 4.74 Å². The molecule has 0 aromatic rings. The zero-order chi connectivity index (χ0) is 39.4. The molecule has 0 heterocycles. The molecule has 6 nitrogen and oxygen atoms in total. The number of carbonyl (C=O) groups is 2. The molecule has 0 aliphatic rings. The van der Waals surface area contributed by atoms with Gasteiger partial charge in [0.05, 0.1) is 25.4 Å². The fraction of sp³-hybridized carbons (Fsp3) is 0.833. The summed E-state index contributed by atoms with van der Waals surface area (Å²) in [6.45, 7) is 4.77. The van der Waals surface area contributed by atoms with Gasteiger partial charge in [-0.15, -0.1) is 0 Å². The van der Waals surface area contributed by atoms with Crippen molar-refractivity contribution in [1.29, 1.82) is 0 Å². The zero-order valence-corrected chi connectivity index (χ0v) is 35.7. The molecular formula is C48H89NO5. The smallest absolute Gasteiger partial charge is 0.305 e. The predicted molar refractivity (Wildman–Crippen MR) is 232 cm³/mol. The number of allylic oxidation sites excluding steroid dienone is 5. The van der Waals surface area contributed by atoms with Gasteiger partial charge in [0.25, 0.3) is 0 Å². The maximum Gasteiger partial charge on any atom is 0.305 e. The molecule has 6 heteroatoms. The van der Waals surface area contributed by atoms with Gasteiger partial charge in [-0.3, -0.25) is 9.59 Å². The SMILES string of the molecule is CCC/C=C\C/C=C\CCCCCCCC(=O)OCCCCCCCCCCCCCCCCCC(=O)NC(CO)C(O)/C=C/CCCCCCCCC. The quantitative estimate of drug-likeness (QED) is 0.0327. The second kappa shape index (κ2) is 43.8. The number of amides is 1. The molecule has 0 radical (unpaired) electrons. The normalized spacial score (nSPS) is 13.0. The Kier molecular flexibility index (Phi) is 42.2. The van der Waals surface area contributed by atoms with E-state index in [0.29, 0.717) is 19.4 Å². The summed E-state index contributed by atoms with van der Waals surface area (Å²) in [5.41, 5.74) is 0. The first-order valence-electron chi connectivity index (χ1n) is 23.3. The van der Waals surface area contributed by atoms with Crippen LogP contribution >= 0.6 is 0 Å². The third-order valence-electron chi connectivity index (χ3n) is 10.4. The van der Waals surface area contributed by atoms with Gasteiger partial charge in [-0.05, 0) is 57.8 Å². The first kappa shape index (κ1) is 52.1. The lowest BCUT2D eigenvalue weighted by molar-refractivity contribution is -0.143. The maximum atomic E-state index is 12.3. The monoisotopic (exact) mass is 760 g/mol. The topological polar surface area (TPSA) is 95.9 Å². The lowest BCUT2D eigenvalue weighted by atomic mass is 10.0. The van der Waals surface area contributed by atoms with Crippen molar-refractivity contribution in [3.63, 3.8) is 0 Å². The number of ether oxygens (including phenoxy) is 1. The van der Waals surface area contributed by atoms with E-state index in [2.05, 4.69) is 43.5 Å². The highest BCUT2D eigenvalue weighted by molar-refractivity contribution is 5.76. The summed E-state index contributed by atoms with van der Waals surface area (Å²) in [6.07, 6.45) is 51.3. The first-order chi connectivity index (χ1) is 26.5. The second-order valence-corrected chi connectivity index (χ2v) is 15.7. The molecule has 0 rings (SSSR count). The molecule has 0 aliphatic heterocycles. The highest BCUT2D eigenvalue weighted by Crippen LogP contribution is 2.15. The van der Waals surface area contributed by atoms with E-state index in [-0.39, 0.29) is 18.5 Å². The Morgan fingerprint density at radius 1 is 0.519 bits per heavy atom. The highest BCUT2D eigenvalue weighted by Gasteiger charge is 2.18. The van der Waals surface area contributed by atoms with Crippen molar-refractivity contribution in [3.05, 3.63) is 36.5 Å². The van der Waals surface area contributed by atoms with Crippen molar-refractivity contribution in [1.82, 2.24) is 5.32 Å². The lowest BCUT2D eigenvalue weighted by Gasteiger charge is -2.20. The maximum absolute atomic E-state index is 12.3. The van der Waals surface area contributed by atoms with Crippen molar-refractivity contribution < 1.29 is 24.5 Å². The molecule has 0 aromatic carbocycles. The zero-order valence-electron chi connectivity index (χ0n) is 35.7. The molecule has 0 spiro atoms. The van der Waals surface area contributed by atoms with E-state index in [1.54, 1.807) is 6.08 Å². The fourth-order valence-corrected chi connectivity index (χ4v) is 6.79. The summed E-state index contributed by atoms with van der Waals surface area (Å²) in [5, 5.41) is 22.9. The van der Waals surface area contributed by atoms with Crippen LogP contribution in [0.3, 0.4) is 0 Å². The largest absolute Gasteiger partial charge is 0.466 e. The number of hydrogen-bond donors (Lipinski definition) is 3. The van der Waals surface area contributed by atoms with Gasteiger partial charge < -0.3 is 20.3 Å². The van der Waals surface area contributed by atoms with Crippen molar-refractivity contribution >= 4 is 11.9 Å². The van der Waals surface area contributed by atoms with Crippen LogP contribution < -0.4 is 5.32 Å². The van der Waals surface area contributed by atoms with Gasteiger partial charge in [-0.25, -0.2) is 0 Å². The molecular weight excluding hydrogens is 671 g/mol. The number of rotatable bonds is 42. The molecule has 316 valence electrons. The number of unbranched alkanes of at least 4 members (excludes halogenated alkanes) is 27. The molecule has 2 unspecified atom stereocenters. The minimum Gasteiger partial charge on any atom is -0.466 e. The summed E-state index contributed by atoms with van der Waals surface area (Å²) in [7, 11) is 0. The van der Waals surface area contributed by atoms with Crippen LogP contribution in [-0.4, -0.2) is 47.4 Å². The van der Waals surface area contributed by atoms with Crippen LogP contribution in [0.25, 0.3) is 0 Å². The molecule has 2 atom stereocenters. The van der Waals surface area contributed by atoms with Crippen LogP contribution in [0.15, 0.2) is 36.5 Å². The van der Waals surface area contributed by atoms with Crippen LogP contribution in [0.4, 0.5) is 0 Å². The van der Waals surface area contributed by atoms with Crippen molar-refractivity contribution in [3.8, 4) is 0 Å². The van der Waals surface area contributed by atoms with Crippen molar-refractivity contribution in [2.75, 3.05) is 13.2 Å². The van der Waals surface area contributed by atoms with Gasteiger partial charge in [0, 0.05) is 12.8 Å². The number of aliphatic hydroxyl groups excluding tert-OH is 2. The van der Waals surface area contributed by atoms with Crippen LogP contribution in [0.2, 0.25) is 0 Å². The van der Waals surface area contributed by atoms with Crippen LogP contribution in [0, 0.1) is 0 Å². The molecule has 0 saturated carbocycles. The minimum atomic E-state index is -0.848. The Morgan fingerprint density at radius 2 is 0.963 bits per heavy atom. The van der Waals surface area contributed by atoms with E-state index < -0.39 is 12.1 Å². The summed E-state index contributed by atoms with van der Waals surface area (Å²) in [4.78, 5) is 24.3. The number of nitrogens with one attached hydrogen (secondary N) is 1. The molecule has 1 amide bonds. The summed E-state index contributed by atoms with van der Waals surface area (Å²) >= 11 is 0. The molecule has 0 aromatic heterocycles. The molecule has 3 N–H and O–H groups in total. The van der Waals surface area contributed by atoms with Gasteiger partial charge in [0.1, 0.15) is 0 Å². The number of hydrogen-bond acceptors (Lipinski definition) is 5. The van der Waals surface area contributed by atoms with Gasteiger partial charge >= 0.3 is 5.97 Å². The van der Waals surface area contributed by atoms with Crippen molar-refractivity contribution in [2.45, 2.75) is 244 Å². The van der Waals surface area contributed by atoms with Crippen LogP contribution in [-0.2, 0) is 14.3 Å². The van der Waals surface area contributed by atoms with Gasteiger partial charge in [0.2, 0.25) is 5.91 Å². The van der Waals surface area contributed by atoms with Crippen LogP contribution in [0.5, 0.6) is 0 Å². The Hall–Kier alpha value is -1.92. The van der Waals surface area contributed by atoms with E-state index in [9.17, 15) is 19.8 Å². The molecule has 54 heavy (non-hydrogen) atoms. The van der Waals surface area contributed by atoms with Crippen LogP contribution in [0.1, 0.15) is 232 Å². The second-order valence-electron chi connectivity index (χ2n) is 15.7. The van der Waals surface area contributed by atoms with E-state index in [0.717, 1.165) is 64.2 Å². The van der Waals surface area contributed by atoms with E-state index in [1.165, 1.54) is 141 Å². The average molecular weight is 760 g/mol. The lowest BCUT2D eigenvalue weighted by Crippen LogP contribution is -2.45. The summed E-state index contributed by atoms with van der Waals surface area (Å²) in [5.74, 6) is -0.0984. The third kappa shape index (κ3) is 39.8. The summed E-state index contributed by atoms with van der Waals surface area (Å²) in [6, 6.07) is -0.632. The molecule has 0 aliphatic carbocycles. The Balaban J connectivity index is 3.45. The third-order valence-corrected chi connectivity index (χ3v) is 10.4. The highest BCUT2D eigenvalue weighted by atomic mass is 16.5. The molecule has 0 fully saturated rings. The standard InChI is InChI=1S/C48H89NO5/c1-3-5-7-9-11-13-14-18-22-26-30-34-38-42-48(53)54-43-39-35-31-27-23-20-17-15-16-19-21-25-29-33-37-41-47(52)49-45(44-50)46(51)40-36-32-28-24-12-10-8-6-4-2/h7,9,13-14,36,40,45-46,50-51H,3-6,8,10-12,15-35,37-39,41-44H2,1-2H3,(H,49,52)/b9-7-,14-13-,40-36+. The average Bonchev–Trinajstić information content (AvgIpc) is 3.17. The predicted octanol–water partition coefficient (Wildman–Crippen LogP) is 13.3. The number of carbonyl (C=O) groups excluding carboxylic acids is 2. The Bertz CT molecular complexity index is 884. The van der Waals surface area contributed by atoms with E-state index in [1.807, 2.05) is 6.08 Å². The van der Waals surface area contributed by atoms with Gasteiger partial charge in [-0.2, -0.15) is 0 Å². The Labute approximate surface area is 334 Å². The minimum absolute atomic E-state index is 0.0171. The van der Waals surface area contributed by atoms with Gasteiger partial charge in [-0.1, -0.05) is 198 Å².